The maximum absolute atomic E-state index is 12.5. The van der Waals surface area contributed by atoms with Crippen LogP contribution in [0.15, 0.2) is 42.5 Å². The van der Waals surface area contributed by atoms with Crippen LogP contribution in [0.5, 0.6) is 0 Å². The highest BCUT2D eigenvalue weighted by Crippen LogP contribution is 2.16. The molecule has 0 fully saturated rings. The minimum Gasteiger partial charge on any atom is -0.465 e. The maximum atomic E-state index is 12.5. The van der Waals surface area contributed by atoms with E-state index in [4.69, 9.17) is 9.84 Å². The lowest BCUT2D eigenvalue weighted by atomic mass is 10.0. The SMILES string of the molecule is C[C@@H]1CC=CC[C@@H](NC(=O)O)C(=O)N[C@H](c2ccccc2)COC1=O. The van der Waals surface area contributed by atoms with Gasteiger partial charge in [-0.1, -0.05) is 49.4 Å². The fraction of sp³-hybridized carbons (Fsp3) is 0.389. The van der Waals surface area contributed by atoms with Crippen molar-refractivity contribution in [1.82, 2.24) is 10.6 Å². The fourth-order valence-corrected chi connectivity index (χ4v) is 2.50. The summed E-state index contributed by atoms with van der Waals surface area (Å²) >= 11 is 0. The van der Waals surface area contributed by atoms with Crippen molar-refractivity contribution in [2.24, 2.45) is 5.92 Å². The van der Waals surface area contributed by atoms with Crippen molar-refractivity contribution in [2.75, 3.05) is 6.61 Å². The quantitative estimate of drug-likeness (QED) is 0.561. The van der Waals surface area contributed by atoms with E-state index in [9.17, 15) is 14.4 Å². The molecule has 0 spiro atoms. The molecule has 1 aromatic carbocycles. The number of rotatable bonds is 2. The second kappa shape index (κ2) is 8.86. The number of carbonyl (C=O) groups is 3. The van der Waals surface area contributed by atoms with E-state index >= 15 is 0 Å². The van der Waals surface area contributed by atoms with Crippen LogP contribution in [0.25, 0.3) is 0 Å². The molecule has 25 heavy (non-hydrogen) atoms. The first-order valence-corrected chi connectivity index (χ1v) is 8.13. The minimum atomic E-state index is -1.27. The molecule has 0 aromatic heterocycles. The molecule has 0 saturated heterocycles. The van der Waals surface area contributed by atoms with E-state index < -0.39 is 24.1 Å². The number of cyclic esters (lactones) is 1. The van der Waals surface area contributed by atoms with Gasteiger partial charge in [0.05, 0.1) is 12.0 Å². The van der Waals surface area contributed by atoms with Crippen LogP contribution in [-0.2, 0) is 14.3 Å². The molecule has 1 aliphatic heterocycles. The summed E-state index contributed by atoms with van der Waals surface area (Å²) in [5.41, 5.74) is 0.776. The van der Waals surface area contributed by atoms with E-state index in [1.54, 1.807) is 19.1 Å². The third kappa shape index (κ3) is 5.63. The third-order valence-corrected chi connectivity index (χ3v) is 3.96. The molecule has 3 N–H and O–H groups in total. The van der Waals surface area contributed by atoms with Crippen LogP contribution < -0.4 is 10.6 Å². The second-order valence-electron chi connectivity index (χ2n) is 5.95. The van der Waals surface area contributed by atoms with Gasteiger partial charge in [-0.3, -0.25) is 9.59 Å². The summed E-state index contributed by atoms with van der Waals surface area (Å²) in [4.78, 5) is 35.5. The van der Waals surface area contributed by atoms with E-state index in [-0.39, 0.29) is 24.9 Å². The molecule has 0 bridgehead atoms. The smallest absolute Gasteiger partial charge is 0.405 e. The molecule has 2 rings (SSSR count). The summed E-state index contributed by atoms with van der Waals surface area (Å²) in [6.07, 6.45) is 2.86. The summed E-state index contributed by atoms with van der Waals surface area (Å²) in [5, 5.41) is 13.9. The summed E-state index contributed by atoms with van der Waals surface area (Å²) in [5.74, 6) is -1.11. The Morgan fingerprint density at radius 2 is 1.88 bits per heavy atom. The molecule has 0 unspecified atom stereocenters. The number of ether oxygens (including phenoxy) is 1. The number of hydrogen-bond acceptors (Lipinski definition) is 4. The standard InChI is InChI=1S/C18H22N2O5/c1-12-7-5-6-10-14(20-18(23)24)16(21)19-15(11-25-17(12)22)13-8-3-2-4-9-13/h2-6,8-9,12,14-15,20H,7,10-11H2,1H3,(H,19,21)(H,23,24)/t12-,14-,15+/m1/s1. The summed E-state index contributed by atoms with van der Waals surface area (Å²) in [6.45, 7) is 1.75. The number of carboxylic acid groups (broad SMARTS) is 1. The number of hydrogen-bond donors (Lipinski definition) is 3. The predicted octanol–water partition coefficient (Wildman–Crippen LogP) is 2.01. The van der Waals surface area contributed by atoms with Crippen molar-refractivity contribution in [3.63, 3.8) is 0 Å². The summed E-state index contributed by atoms with van der Waals surface area (Å²) < 4.78 is 5.33. The Labute approximate surface area is 146 Å². The van der Waals surface area contributed by atoms with Gasteiger partial charge in [-0.25, -0.2) is 4.79 Å². The van der Waals surface area contributed by atoms with Crippen molar-refractivity contribution < 1.29 is 24.2 Å². The van der Waals surface area contributed by atoms with Gasteiger partial charge in [-0.15, -0.1) is 0 Å². The highest BCUT2D eigenvalue weighted by molar-refractivity contribution is 5.85. The van der Waals surface area contributed by atoms with Crippen LogP contribution >= 0.6 is 0 Å². The fourth-order valence-electron chi connectivity index (χ4n) is 2.50. The average molecular weight is 346 g/mol. The van der Waals surface area contributed by atoms with Gasteiger partial charge in [0.25, 0.3) is 0 Å². The molecule has 0 radical (unpaired) electrons. The molecule has 1 heterocycles. The topological polar surface area (TPSA) is 105 Å². The van der Waals surface area contributed by atoms with Gasteiger partial charge in [-0.2, -0.15) is 0 Å². The lowest BCUT2D eigenvalue weighted by Gasteiger charge is -2.24. The molecule has 3 atom stereocenters. The number of esters is 1. The van der Waals surface area contributed by atoms with Crippen LogP contribution in [0.2, 0.25) is 0 Å². The zero-order valence-corrected chi connectivity index (χ0v) is 14.0. The molecular weight excluding hydrogens is 324 g/mol. The molecule has 134 valence electrons. The van der Waals surface area contributed by atoms with Crippen LogP contribution in [0.4, 0.5) is 4.79 Å². The summed E-state index contributed by atoms with van der Waals surface area (Å²) in [6, 6.07) is 7.64. The molecular formula is C18H22N2O5. The largest absolute Gasteiger partial charge is 0.465 e. The Morgan fingerprint density at radius 1 is 1.20 bits per heavy atom. The lowest BCUT2D eigenvalue weighted by Crippen LogP contribution is -2.48. The van der Waals surface area contributed by atoms with Gasteiger partial charge in [0.2, 0.25) is 5.91 Å². The number of amides is 2. The average Bonchev–Trinajstić information content (AvgIpc) is 2.60. The number of nitrogens with one attached hydrogen (secondary N) is 2. The Morgan fingerprint density at radius 3 is 2.56 bits per heavy atom. The summed E-state index contributed by atoms with van der Waals surface area (Å²) in [7, 11) is 0. The monoisotopic (exact) mass is 346 g/mol. The van der Waals surface area contributed by atoms with Crippen molar-refractivity contribution >= 4 is 18.0 Å². The first kappa shape index (κ1) is 18.5. The molecule has 1 aliphatic rings. The highest BCUT2D eigenvalue weighted by atomic mass is 16.5. The van der Waals surface area contributed by atoms with Gasteiger partial charge in [0.15, 0.2) is 0 Å². The maximum Gasteiger partial charge on any atom is 0.405 e. The van der Waals surface area contributed by atoms with E-state index in [0.29, 0.717) is 6.42 Å². The van der Waals surface area contributed by atoms with E-state index in [2.05, 4.69) is 10.6 Å². The Hall–Kier alpha value is -2.83. The molecule has 7 heteroatoms. The second-order valence-corrected chi connectivity index (χ2v) is 5.95. The zero-order chi connectivity index (χ0) is 18.2. The Bertz CT molecular complexity index is 644. The Balaban J connectivity index is 2.24. The van der Waals surface area contributed by atoms with Gasteiger partial charge in [-0.05, 0) is 18.4 Å². The normalized spacial score (nSPS) is 25.1. The Kier molecular flexibility index (Phi) is 6.56. The third-order valence-electron chi connectivity index (χ3n) is 3.96. The van der Waals surface area contributed by atoms with Crippen molar-refractivity contribution in [1.29, 1.82) is 0 Å². The van der Waals surface area contributed by atoms with Gasteiger partial charge < -0.3 is 20.5 Å². The molecule has 0 saturated carbocycles. The number of carbonyl (C=O) groups excluding carboxylic acids is 2. The van der Waals surface area contributed by atoms with Crippen LogP contribution in [0.3, 0.4) is 0 Å². The molecule has 1 aromatic rings. The van der Waals surface area contributed by atoms with E-state index in [1.165, 1.54) is 0 Å². The minimum absolute atomic E-state index is 0.0115. The number of allylic oxidation sites excluding steroid dienone is 1. The van der Waals surface area contributed by atoms with Crippen molar-refractivity contribution in [2.45, 2.75) is 31.8 Å². The van der Waals surface area contributed by atoms with E-state index in [1.807, 2.05) is 30.3 Å². The lowest BCUT2D eigenvalue weighted by molar-refractivity contribution is -0.149. The van der Waals surface area contributed by atoms with Gasteiger partial charge >= 0.3 is 12.1 Å². The van der Waals surface area contributed by atoms with Crippen LogP contribution in [0, 0.1) is 5.92 Å². The zero-order valence-electron chi connectivity index (χ0n) is 14.0. The van der Waals surface area contributed by atoms with Gasteiger partial charge in [0, 0.05) is 0 Å². The first-order valence-electron chi connectivity index (χ1n) is 8.13. The highest BCUT2D eigenvalue weighted by Gasteiger charge is 2.25. The molecule has 7 nitrogen and oxygen atoms in total. The van der Waals surface area contributed by atoms with Crippen LogP contribution in [-0.4, -0.2) is 35.7 Å². The van der Waals surface area contributed by atoms with Crippen LogP contribution in [0.1, 0.15) is 31.4 Å². The predicted molar refractivity (Wildman–Crippen MR) is 90.8 cm³/mol. The molecule has 0 aliphatic carbocycles. The van der Waals surface area contributed by atoms with Crippen molar-refractivity contribution in [3.8, 4) is 0 Å². The molecule has 2 amide bonds. The van der Waals surface area contributed by atoms with E-state index in [0.717, 1.165) is 5.56 Å². The van der Waals surface area contributed by atoms with Crippen molar-refractivity contribution in [3.05, 3.63) is 48.0 Å². The first-order chi connectivity index (χ1) is 12.0. The number of benzene rings is 1. The van der Waals surface area contributed by atoms with Gasteiger partial charge in [0.1, 0.15) is 12.6 Å².